The fourth-order valence-corrected chi connectivity index (χ4v) is 2.52. The molecule has 0 bridgehead atoms. The predicted octanol–water partition coefficient (Wildman–Crippen LogP) is 2.73. The number of carbonyl (C=O) groups is 2. The van der Waals surface area contributed by atoms with Gasteiger partial charge in [-0.05, 0) is 42.7 Å². The molecule has 0 saturated heterocycles. The molecule has 0 aliphatic heterocycles. The molecule has 0 atom stereocenters. The molecule has 2 amide bonds. The van der Waals surface area contributed by atoms with E-state index in [2.05, 4.69) is 5.32 Å². The van der Waals surface area contributed by atoms with E-state index in [9.17, 15) is 14.0 Å². The van der Waals surface area contributed by atoms with Crippen molar-refractivity contribution in [2.24, 2.45) is 0 Å². The van der Waals surface area contributed by atoms with E-state index in [1.54, 1.807) is 24.3 Å². The highest BCUT2D eigenvalue weighted by Gasteiger charge is 2.32. The van der Waals surface area contributed by atoms with Gasteiger partial charge < -0.3 is 14.6 Å². The normalized spacial score (nSPS) is 13.5. The summed E-state index contributed by atoms with van der Waals surface area (Å²) in [6.45, 7) is 0.723. The summed E-state index contributed by atoms with van der Waals surface area (Å²) in [5, 5.41) is 2.67. The molecule has 0 unspecified atom stereocenters. The minimum atomic E-state index is -0.329. The lowest BCUT2D eigenvalue weighted by molar-refractivity contribution is -0.132. The monoisotopic (exact) mass is 330 g/mol. The largest absolute Gasteiger partial charge is 0.459 e. The van der Waals surface area contributed by atoms with E-state index in [4.69, 9.17) is 4.42 Å². The van der Waals surface area contributed by atoms with Crippen molar-refractivity contribution in [3.8, 4) is 0 Å². The van der Waals surface area contributed by atoms with Crippen molar-refractivity contribution in [2.45, 2.75) is 31.8 Å². The Hall–Kier alpha value is -2.63. The van der Waals surface area contributed by atoms with Crippen LogP contribution in [0, 0.1) is 5.82 Å². The van der Waals surface area contributed by atoms with Gasteiger partial charge in [0.25, 0.3) is 5.91 Å². The van der Waals surface area contributed by atoms with Crippen LogP contribution in [-0.4, -0.2) is 29.3 Å². The quantitative estimate of drug-likeness (QED) is 0.849. The topological polar surface area (TPSA) is 62.6 Å². The second kappa shape index (κ2) is 7.29. The molecule has 1 aromatic heterocycles. The van der Waals surface area contributed by atoms with Gasteiger partial charge in [0.1, 0.15) is 5.82 Å². The van der Waals surface area contributed by atoms with Crippen molar-refractivity contribution in [3.05, 3.63) is 59.8 Å². The molecule has 2 aromatic rings. The summed E-state index contributed by atoms with van der Waals surface area (Å²) in [6, 6.07) is 9.64. The van der Waals surface area contributed by atoms with Crippen molar-refractivity contribution < 1.29 is 18.4 Å². The van der Waals surface area contributed by atoms with Gasteiger partial charge >= 0.3 is 0 Å². The minimum absolute atomic E-state index is 0.0124. The van der Waals surface area contributed by atoms with E-state index in [1.165, 1.54) is 18.4 Å². The zero-order valence-electron chi connectivity index (χ0n) is 13.2. The first-order valence-corrected chi connectivity index (χ1v) is 7.99. The molecular weight excluding hydrogens is 311 g/mol. The lowest BCUT2D eigenvalue weighted by Gasteiger charge is -2.22. The van der Waals surface area contributed by atoms with Crippen molar-refractivity contribution >= 4 is 11.8 Å². The lowest BCUT2D eigenvalue weighted by Crippen LogP contribution is -2.35. The predicted molar refractivity (Wildman–Crippen MR) is 85.6 cm³/mol. The molecule has 1 aliphatic rings. The van der Waals surface area contributed by atoms with Crippen molar-refractivity contribution in [3.63, 3.8) is 0 Å². The van der Waals surface area contributed by atoms with E-state index in [1.807, 2.05) is 4.90 Å². The third-order valence-corrected chi connectivity index (χ3v) is 3.94. The van der Waals surface area contributed by atoms with Crippen molar-refractivity contribution in [2.75, 3.05) is 6.54 Å². The van der Waals surface area contributed by atoms with Crippen LogP contribution in [0.5, 0.6) is 0 Å². The summed E-state index contributed by atoms with van der Waals surface area (Å²) in [4.78, 5) is 26.0. The number of nitrogens with zero attached hydrogens (tertiary/aromatic N) is 1. The zero-order valence-corrected chi connectivity index (χ0v) is 13.2. The summed E-state index contributed by atoms with van der Waals surface area (Å²) in [7, 11) is 0. The Morgan fingerprint density at radius 1 is 1.21 bits per heavy atom. The fraction of sp³-hybridized carbons (Fsp3) is 0.333. The molecule has 1 N–H and O–H groups in total. The Kier molecular flexibility index (Phi) is 4.93. The van der Waals surface area contributed by atoms with Gasteiger partial charge in [0.15, 0.2) is 5.76 Å². The zero-order chi connectivity index (χ0) is 16.9. The number of carbonyl (C=O) groups excluding carboxylic acids is 2. The molecule has 1 heterocycles. The Morgan fingerprint density at radius 3 is 2.58 bits per heavy atom. The summed E-state index contributed by atoms with van der Waals surface area (Å²) >= 11 is 0. The smallest absolute Gasteiger partial charge is 0.286 e. The van der Waals surface area contributed by atoms with Gasteiger partial charge in [-0.3, -0.25) is 9.59 Å². The highest BCUT2D eigenvalue weighted by Crippen LogP contribution is 2.29. The maximum atomic E-state index is 13.0. The summed E-state index contributed by atoms with van der Waals surface area (Å²) < 4.78 is 18.0. The van der Waals surface area contributed by atoms with Crippen LogP contribution < -0.4 is 5.32 Å². The SMILES string of the molecule is O=C(NCCC(=O)N(Cc1ccc(F)cc1)C1CC1)c1ccco1. The van der Waals surface area contributed by atoms with Crippen LogP contribution in [0.1, 0.15) is 35.4 Å². The number of benzene rings is 1. The van der Waals surface area contributed by atoms with Crippen molar-refractivity contribution in [1.29, 1.82) is 0 Å². The molecule has 3 rings (SSSR count). The average Bonchev–Trinajstić information content (AvgIpc) is 3.26. The van der Waals surface area contributed by atoms with Crippen LogP contribution in [0.2, 0.25) is 0 Å². The van der Waals surface area contributed by atoms with Crippen LogP contribution in [0.25, 0.3) is 0 Å². The van der Waals surface area contributed by atoms with Crippen LogP contribution in [0.3, 0.4) is 0 Å². The molecule has 6 heteroatoms. The van der Waals surface area contributed by atoms with Gasteiger partial charge in [0.05, 0.1) is 6.26 Å². The van der Waals surface area contributed by atoms with E-state index >= 15 is 0 Å². The van der Waals surface area contributed by atoms with E-state index < -0.39 is 0 Å². The number of amides is 2. The number of hydrogen-bond donors (Lipinski definition) is 1. The van der Waals surface area contributed by atoms with E-state index in [0.29, 0.717) is 6.54 Å². The van der Waals surface area contributed by atoms with Gasteiger partial charge in [0.2, 0.25) is 5.91 Å². The summed E-state index contributed by atoms with van der Waals surface area (Å²) in [6.07, 6.45) is 3.64. The Bertz CT molecular complexity index is 694. The third kappa shape index (κ3) is 4.22. The number of furan rings is 1. The number of rotatable bonds is 7. The average molecular weight is 330 g/mol. The maximum Gasteiger partial charge on any atom is 0.286 e. The molecule has 1 aliphatic carbocycles. The van der Waals surface area contributed by atoms with Gasteiger partial charge in [-0.2, -0.15) is 0 Å². The van der Waals surface area contributed by atoms with Crippen LogP contribution in [-0.2, 0) is 11.3 Å². The Labute approximate surface area is 139 Å². The van der Waals surface area contributed by atoms with Crippen LogP contribution in [0.4, 0.5) is 4.39 Å². The van der Waals surface area contributed by atoms with E-state index in [-0.39, 0.29) is 42.4 Å². The Morgan fingerprint density at radius 2 is 1.96 bits per heavy atom. The standard InChI is InChI=1S/C18H19FN2O3/c19-14-5-3-13(4-6-14)12-21(15-7-8-15)17(22)9-10-20-18(23)16-2-1-11-24-16/h1-6,11,15H,7-10,12H2,(H,20,23). The first-order chi connectivity index (χ1) is 11.6. The van der Waals surface area contributed by atoms with Crippen LogP contribution >= 0.6 is 0 Å². The summed E-state index contributed by atoms with van der Waals surface area (Å²) in [5.41, 5.74) is 0.899. The number of halogens is 1. The van der Waals surface area contributed by atoms with Gasteiger partial charge in [-0.15, -0.1) is 0 Å². The highest BCUT2D eigenvalue weighted by atomic mass is 19.1. The first-order valence-electron chi connectivity index (χ1n) is 7.99. The van der Waals surface area contributed by atoms with Crippen LogP contribution in [0.15, 0.2) is 47.1 Å². The molecule has 0 radical (unpaired) electrons. The molecule has 1 aromatic carbocycles. The molecule has 1 fully saturated rings. The molecule has 126 valence electrons. The highest BCUT2D eigenvalue weighted by molar-refractivity contribution is 5.91. The Balaban J connectivity index is 1.51. The van der Waals surface area contributed by atoms with Gasteiger partial charge in [-0.1, -0.05) is 12.1 Å². The van der Waals surface area contributed by atoms with Gasteiger partial charge in [0, 0.05) is 25.6 Å². The first kappa shape index (κ1) is 16.2. The van der Waals surface area contributed by atoms with Crippen molar-refractivity contribution in [1.82, 2.24) is 10.2 Å². The summed E-state index contributed by atoms with van der Waals surface area (Å²) in [5.74, 6) is -0.401. The molecule has 5 nitrogen and oxygen atoms in total. The van der Waals surface area contributed by atoms with E-state index in [0.717, 1.165) is 18.4 Å². The van der Waals surface area contributed by atoms with Gasteiger partial charge in [-0.25, -0.2) is 4.39 Å². The minimum Gasteiger partial charge on any atom is -0.459 e. The second-order valence-electron chi connectivity index (χ2n) is 5.86. The third-order valence-electron chi connectivity index (χ3n) is 3.94. The lowest BCUT2D eigenvalue weighted by atomic mass is 10.2. The second-order valence-corrected chi connectivity index (χ2v) is 5.86. The fourth-order valence-electron chi connectivity index (χ4n) is 2.52. The molecular formula is C18H19FN2O3. The molecule has 0 spiro atoms. The maximum absolute atomic E-state index is 13.0. The molecule has 1 saturated carbocycles. The number of hydrogen-bond acceptors (Lipinski definition) is 3. The number of nitrogens with one attached hydrogen (secondary N) is 1. The molecule has 24 heavy (non-hydrogen) atoms.